The first-order chi connectivity index (χ1) is 19.3. The predicted octanol–water partition coefficient (Wildman–Crippen LogP) is 3.02. The Bertz CT molecular complexity index is 1330. The van der Waals surface area contributed by atoms with E-state index in [2.05, 4.69) is 28.1 Å². The summed E-state index contributed by atoms with van der Waals surface area (Å²) >= 11 is 0. The molecule has 1 unspecified atom stereocenters. The Balaban J connectivity index is 1.37. The van der Waals surface area contributed by atoms with Crippen LogP contribution in [0, 0.1) is 0 Å². The van der Waals surface area contributed by atoms with Crippen LogP contribution in [0.5, 0.6) is 0 Å². The molecule has 9 heteroatoms. The molecule has 0 bridgehead atoms. The summed E-state index contributed by atoms with van der Waals surface area (Å²) in [6, 6.07) is 22.3. The monoisotopic (exact) mass is 542 g/mol. The summed E-state index contributed by atoms with van der Waals surface area (Å²) < 4.78 is 5.54. The van der Waals surface area contributed by atoms with E-state index in [1.165, 1.54) is 6.92 Å². The molecular weight excluding hydrogens is 508 g/mol. The first-order valence-electron chi connectivity index (χ1n) is 13.3. The van der Waals surface area contributed by atoms with Crippen molar-refractivity contribution in [2.75, 3.05) is 6.61 Å². The molecule has 3 atom stereocenters. The molecule has 1 aliphatic rings. The Morgan fingerprint density at radius 1 is 0.775 bits per heavy atom. The Kier molecular flexibility index (Phi) is 9.16. The zero-order chi connectivity index (χ0) is 28.6. The maximum absolute atomic E-state index is 13.0. The second kappa shape index (κ2) is 12.9. The third-order valence-corrected chi connectivity index (χ3v) is 7.06. The fourth-order valence-corrected chi connectivity index (χ4v) is 4.88. The van der Waals surface area contributed by atoms with Crippen molar-refractivity contribution in [3.8, 4) is 11.1 Å². The third-order valence-electron chi connectivity index (χ3n) is 7.06. The zero-order valence-corrected chi connectivity index (χ0v) is 22.6. The summed E-state index contributed by atoms with van der Waals surface area (Å²) in [5, 5.41) is 7.84. The number of benzene rings is 3. The average Bonchev–Trinajstić information content (AvgIpc) is 3.28. The second-order valence-corrected chi connectivity index (χ2v) is 9.81. The lowest BCUT2D eigenvalue weighted by Crippen LogP contribution is -2.56. The van der Waals surface area contributed by atoms with Gasteiger partial charge in [0.1, 0.15) is 24.7 Å². The number of alkyl carbamates (subject to hydrolysis) is 1. The maximum Gasteiger partial charge on any atom is 0.407 e. The van der Waals surface area contributed by atoms with Gasteiger partial charge in [-0.15, -0.1) is 0 Å². The lowest BCUT2D eigenvalue weighted by molar-refractivity contribution is -0.131. The van der Waals surface area contributed by atoms with Gasteiger partial charge in [0.25, 0.3) is 0 Å². The minimum atomic E-state index is -0.991. The largest absolute Gasteiger partial charge is 0.449 e. The van der Waals surface area contributed by atoms with Gasteiger partial charge in [-0.05, 0) is 41.2 Å². The molecule has 1 aliphatic carbocycles. The van der Waals surface area contributed by atoms with Gasteiger partial charge < -0.3 is 26.4 Å². The van der Waals surface area contributed by atoms with Crippen LogP contribution < -0.4 is 21.7 Å². The number of hydrogen-bond acceptors (Lipinski definition) is 5. The molecule has 0 spiro atoms. The molecule has 40 heavy (non-hydrogen) atoms. The molecule has 3 aromatic rings. The average molecular weight is 543 g/mol. The molecule has 4 amide bonds. The standard InChI is InChI=1S/C31H34N4O5/c1-3-26(28(32)36)34-30(38)27(17-20-11-5-4-6-12-20)35-29(37)19(2)33-31(39)40-18-25-23-15-9-7-13-21(23)22-14-8-10-16-24(22)25/h4-16,19,25-27H,3,17-18H2,1-2H3,(H2,32,36)(H,33,39)(H,34,38)(H,35,37)/t19-,26?,27-/m0/s1. The summed E-state index contributed by atoms with van der Waals surface area (Å²) in [6.45, 7) is 3.34. The minimum Gasteiger partial charge on any atom is -0.449 e. The maximum atomic E-state index is 13.0. The number of rotatable bonds is 11. The van der Waals surface area contributed by atoms with E-state index in [9.17, 15) is 19.2 Å². The summed E-state index contributed by atoms with van der Waals surface area (Å²) in [5.41, 5.74) is 10.6. The molecule has 5 N–H and O–H groups in total. The number of amides is 4. The fraction of sp³-hybridized carbons (Fsp3) is 0.290. The number of nitrogens with one attached hydrogen (secondary N) is 3. The fourth-order valence-electron chi connectivity index (χ4n) is 4.88. The van der Waals surface area contributed by atoms with E-state index in [-0.39, 0.29) is 18.9 Å². The van der Waals surface area contributed by atoms with Gasteiger partial charge in [-0.2, -0.15) is 0 Å². The highest BCUT2D eigenvalue weighted by Crippen LogP contribution is 2.44. The molecule has 0 aliphatic heterocycles. The van der Waals surface area contributed by atoms with Crippen LogP contribution >= 0.6 is 0 Å². The van der Waals surface area contributed by atoms with Crippen LogP contribution in [-0.4, -0.2) is 48.5 Å². The highest BCUT2D eigenvalue weighted by Gasteiger charge is 2.30. The highest BCUT2D eigenvalue weighted by atomic mass is 16.5. The van der Waals surface area contributed by atoms with Gasteiger partial charge in [-0.3, -0.25) is 14.4 Å². The van der Waals surface area contributed by atoms with Gasteiger partial charge in [-0.25, -0.2) is 4.79 Å². The molecule has 0 fully saturated rings. The van der Waals surface area contributed by atoms with E-state index >= 15 is 0 Å². The van der Waals surface area contributed by atoms with Crippen LogP contribution in [0.1, 0.15) is 42.9 Å². The van der Waals surface area contributed by atoms with E-state index < -0.39 is 41.9 Å². The SMILES string of the molecule is CCC(NC(=O)[C@H](Cc1ccccc1)NC(=O)[C@H](C)NC(=O)OCC1c2ccccc2-c2ccccc21)C(N)=O. The molecule has 208 valence electrons. The molecule has 0 radical (unpaired) electrons. The Labute approximate surface area is 233 Å². The van der Waals surface area contributed by atoms with Crippen molar-refractivity contribution in [3.63, 3.8) is 0 Å². The van der Waals surface area contributed by atoms with Gasteiger partial charge in [0, 0.05) is 12.3 Å². The molecule has 0 saturated carbocycles. The molecule has 0 aromatic heterocycles. The van der Waals surface area contributed by atoms with Gasteiger partial charge >= 0.3 is 6.09 Å². The molecule has 9 nitrogen and oxygen atoms in total. The number of primary amides is 1. The van der Waals surface area contributed by atoms with Gasteiger partial charge in [0.05, 0.1) is 0 Å². The summed E-state index contributed by atoms with van der Waals surface area (Å²) in [6.07, 6.45) is -0.244. The van der Waals surface area contributed by atoms with Crippen LogP contribution in [0.25, 0.3) is 11.1 Å². The highest BCUT2D eigenvalue weighted by molar-refractivity contribution is 5.93. The number of carbonyl (C=O) groups is 4. The topological polar surface area (TPSA) is 140 Å². The van der Waals surface area contributed by atoms with E-state index in [1.54, 1.807) is 6.92 Å². The quantitative estimate of drug-likeness (QED) is 0.295. The van der Waals surface area contributed by atoms with Crippen LogP contribution in [0.3, 0.4) is 0 Å². The van der Waals surface area contributed by atoms with Crippen LogP contribution in [0.2, 0.25) is 0 Å². The van der Waals surface area contributed by atoms with Gasteiger partial charge in [0.15, 0.2) is 0 Å². The molecule has 4 rings (SSSR count). The first kappa shape index (κ1) is 28.4. The van der Waals surface area contributed by atoms with Gasteiger partial charge in [0.2, 0.25) is 17.7 Å². The van der Waals surface area contributed by atoms with E-state index in [0.29, 0.717) is 6.42 Å². The summed E-state index contributed by atoms with van der Waals surface area (Å²) in [4.78, 5) is 50.3. The van der Waals surface area contributed by atoms with E-state index in [0.717, 1.165) is 27.8 Å². The number of hydrogen-bond donors (Lipinski definition) is 4. The summed E-state index contributed by atoms with van der Waals surface area (Å²) in [5.74, 6) is -1.89. The normalized spacial score (nSPS) is 14.2. The number of nitrogens with two attached hydrogens (primary N) is 1. The third kappa shape index (κ3) is 6.66. The molecular formula is C31H34N4O5. The van der Waals surface area contributed by atoms with Crippen LogP contribution in [0.4, 0.5) is 4.79 Å². The second-order valence-electron chi connectivity index (χ2n) is 9.81. The first-order valence-corrected chi connectivity index (χ1v) is 13.3. The number of fused-ring (bicyclic) bond motifs is 3. The van der Waals surface area contributed by atoms with Crippen molar-refractivity contribution in [1.29, 1.82) is 0 Å². The van der Waals surface area contributed by atoms with Crippen molar-refractivity contribution >= 4 is 23.8 Å². The smallest absolute Gasteiger partial charge is 0.407 e. The Hall–Kier alpha value is -4.66. The molecule has 0 saturated heterocycles. The van der Waals surface area contributed by atoms with Crippen molar-refractivity contribution in [1.82, 2.24) is 16.0 Å². The van der Waals surface area contributed by atoms with E-state index in [4.69, 9.17) is 10.5 Å². The van der Waals surface area contributed by atoms with Crippen LogP contribution in [-0.2, 0) is 25.5 Å². The predicted molar refractivity (Wildman–Crippen MR) is 151 cm³/mol. The van der Waals surface area contributed by atoms with Crippen LogP contribution in [0.15, 0.2) is 78.9 Å². The summed E-state index contributed by atoms with van der Waals surface area (Å²) in [7, 11) is 0. The number of ether oxygens (including phenoxy) is 1. The lowest BCUT2D eigenvalue weighted by atomic mass is 9.98. The Morgan fingerprint density at radius 2 is 1.32 bits per heavy atom. The van der Waals surface area contributed by atoms with E-state index in [1.807, 2.05) is 66.7 Å². The minimum absolute atomic E-state index is 0.110. The van der Waals surface area contributed by atoms with Crippen molar-refractivity contribution in [2.45, 2.75) is 50.7 Å². The zero-order valence-electron chi connectivity index (χ0n) is 22.6. The van der Waals surface area contributed by atoms with Crippen molar-refractivity contribution in [2.24, 2.45) is 5.73 Å². The molecule has 0 heterocycles. The van der Waals surface area contributed by atoms with Crippen molar-refractivity contribution in [3.05, 3.63) is 95.6 Å². The molecule has 3 aromatic carbocycles. The Morgan fingerprint density at radius 3 is 1.90 bits per heavy atom. The van der Waals surface area contributed by atoms with Crippen molar-refractivity contribution < 1.29 is 23.9 Å². The van der Waals surface area contributed by atoms with Gasteiger partial charge in [-0.1, -0.05) is 85.8 Å². The lowest BCUT2D eigenvalue weighted by Gasteiger charge is -2.23. The number of carbonyl (C=O) groups excluding carboxylic acids is 4.